The fourth-order valence-electron chi connectivity index (χ4n) is 3.97. The van der Waals surface area contributed by atoms with E-state index < -0.39 is 35.8 Å². The Morgan fingerprint density at radius 2 is 1.13 bits per heavy atom. The molecule has 0 saturated heterocycles. The van der Waals surface area contributed by atoms with E-state index in [-0.39, 0.29) is 0 Å². The van der Waals surface area contributed by atoms with E-state index in [0.717, 1.165) is 19.3 Å². The Morgan fingerprint density at radius 3 is 1.50 bits per heavy atom. The van der Waals surface area contributed by atoms with Gasteiger partial charge in [0.05, 0.1) is 6.10 Å². The minimum atomic E-state index is -1.44. The van der Waals surface area contributed by atoms with Crippen LogP contribution in [0.3, 0.4) is 0 Å². The smallest absolute Gasteiger partial charge is 0.377 e. The molecular formula is C24H44O6. The Balaban J connectivity index is 1.89. The molecule has 1 aliphatic rings. The Labute approximate surface area is 182 Å². The van der Waals surface area contributed by atoms with Gasteiger partial charge in [0, 0.05) is 0 Å². The Morgan fingerprint density at radius 1 is 0.733 bits per heavy atom. The second kappa shape index (κ2) is 16.4. The molecule has 0 aromatic rings. The molecule has 1 unspecified atom stereocenters. The summed E-state index contributed by atoms with van der Waals surface area (Å²) in [5, 5.41) is 38.9. The molecule has 1 heterocycles. The third-order valence-electron chi connectivity index (χ3n) is 6.00. The van der Waals surface area contributed by atoms with Crippen LogP contribution in [-0.4, -0.2) is 44.7 Å². The Kier molecular flexibility index (Phi) is 14.7. The van der Waals surface area contributed by atoms with Crippen LogP contribution < -0.4 is 0 Å². The first-order valence-electron chi connectivity index (χ1n) is 12.2. The molecule has 6 heteroatoms. The Bertz CT molecular complexity index is 490. The van der Waals surface area contributed by atoms with Gasteiger partial charge in [0.1, 0.15) is 6.10 Å². The highest BCUT2D eigenvalue weighted by Crippen LogP contribution is 2.24. The van der Waals surface area contributed by atoms with E-state index in [2.05, 4.69) is 11.7 Å². The lowest BCUT2D eigenvalue weighted by molar-refractivity contribution is -0.150. The Hall–Kier alpha value is -1.27. The van der Waals surface area contributed by atoms with Gasteiger partial charge in [-0.2, -0.15) is 0 Å². The molecule has 0 aliphatic carbocycles. The van der Waals surface area contributed by atoms with Crippen molar-refractivity contribution in [3.8, 4) is 0 Å². The molecule has 0 bridgehead atoms. The number of aliphatic hydroxyl groups excluding tert-OH is 4. The maximum Gasteiger partial charge on any atom is 0.377 e. The number of hydrogen-bond donors (Lipinski definition) is 4. The summed E-state index contributed by atoms with van der Waals surface area (Å²) in [4.78, 5) is 11.2. The van der Waals surface area contributed by atoms with Crippen molar-refractivity contribution in [2.24, 2.45) is 0 Å². The highest BCUT2D eigenvalue weighted by Gasteiger charge is 2.41. The summed E-state index contributed by atoms with van der Waals surface area (Å²) in [6.07, 6.45) is 16.7. The molecule has 0 spiro atoms. The van der Waals surface area contributed by atoms with Crippen molar-refractivity contribution in [1.29, 1.82) is 0 Å². The first kappa shape index (κ1) is 26.8. The van der Waals surface area contributed by atoms with E-state index in [1.807, 2.05) is 0 Å². The second-order valence-electron chi connectivity index (χ2n) is 8.71. The van der Waals surface area contributed by atoms with E-state index in [1.54, 1.807) is 0 Å². The van der Waals surface area contributed by atoms with Gasteiger partial charge in [-0.3, -0.25) is 0 Å². The van der Waals surface area contributed by atoms with Crippen molar-refractivity contribution in [1.82, 2.24) is 0 Å². The fraction of sp³-hybridized carbons (Fsp3) is 0.875. The molecule has 0 saturated carbocycles. The maximum absolute atomic E-state index is 11.2. The van der Waals surface area contributed by atoms with Crippen LogP contribution in [0.5, 0.6) is 0 Å². The normalized spacial score (nSPS) is 18.6. The molecule has 0 aromatic carbocycles. The van der Waals surface area contributed by atoms with Crippen molar-refractivity contribution < 1.29 is 30.0 Å². The SMILES string of the molecule is CCCCCCCCCCCCCCCCCCC(O)[C@H](O)[C@H]1OC(=O)C(O)=C1O. The first-order chi connectivity index (χ1) is 14.5. The van der Waals surface area contributed by atoms with Gasteiger partial charge in [-0.25, -0.2) is 4.79 Å². The molecular weight excluding hydrogens is 384 g/mol. The van der Waals surface area contributed by atoms with E-state index in [1.165, 1.54) is 83.5 Å². The number of aliphatic hydroxyl groups is 4. The summed E-state index contributed by atoms with van der Waals surface area (Å²) in [5.74, 6) is -2.68. The van der Waals surface area contributed by atoms with Gasteiger partial charge in [-0.05, 0) is 6.42 Å². The number of unbranched alkanes of at least 4 members (excludes halogenated alkanes) is 15. The zero-order valence-electron chi connectivity index (χ0n) is 18.9. The molecule has 0 amide bonds. The van der Waals surface area contributed by atoms with Crippen LogP contribution in [0.1, 0.15) is 116 Å². The first-order valence-corrected chi connectivity index (χ1v) is 12.2. The second-order valence-corrected chi connectivity index (χ2v) is 8.71. The van der Waals surface area contributed by atoms with Gasteiger partial charge < -0.3 is 25.2 Å². The van der Waals surface area contributed by atoms with Crippen molar-refractivity contribution in [3.63, 3.8) is 0 Å². The minimum absolute atomic E-state index is 0.363. The molecule has 1 aliphatic heterocycles. The molecule has 0 aromatic heterocycles. The predicted molar refractivity (Wildman–Crippen MR) is 118 cm³/mol. The summed E-state index contributed by atoms with van der Waals surface area (Å²) in [7, 11) is 0. The number of carbonyl (C=O) groups is 1. The standard InChI is InChI=1S/C24H44O6/c1-2-3-4-5-6-7-8-9-10-11-12-13-14-15-16-17-18-19(25)20(26)23-21(27)22(28)24(29)30-23/h19-20,23,25-28H,2-18H2,1H3/t19?,20-,23+/m0/s1. The van der Waals surface area contributed by atoms with E-state index >= 15 is 0 Å². The molecule has 0 fully saturated rings. The molecule has 0 radical (unpaired) electrons. The van der Waals surface area contributed by atoms with Gasteiger partial charge >= 0.3 is 5.97 Å². The highest BCUT2D eigenvalue weighted by atomic mass is 16.6. The van der Waals surface area contributed by atoms with Crippen LogP contribution in [0, 0.1) is 0 Å². The lowest BCUT2D eigenvalue weighted by Gasteiger charge is -2.22. The molecule has 4 N–H and O–H groups in total. The number of rotatable bonds is 19. The lowest BCUT2D eigenvalue weighted by atomic mass is 10.00. The van der Waals surface area contributed by atoms with Crippen molar-refractivity contribution >= 4 is 5.97 Å². The van der Waals surface area contributed by atoms with Gasteiger partial charge in [-0.15, -0.1) is 0 Å². The summed E-state index contributed by atoms with van der Waals surface area (Å²) in [6, 6.07) is 0. The van der Waals surface area contributed by atoms with Crippen LogP contribution >= 0.6 is 0 Å². The average Bonchev–Trinajstić information content (AvgIpc) is 3.00. The number of ether oxygens (including phenoxy) is 1. The molecule has 176 valence electrons. The van der Waals surface area contributed by atoms with Crippen molar-refractivity contribution in [2.75, 3.05) is 0 Å². The van der Waals surface area contributed by atoms with E-state index in [0.29, 0.717) is 6.42 Å². The van der Waals surface area contributed by atoms with Gasteiger partial charge in [-0.1, -0.05) is 110 Å². The van der Waals surface area contributed by atoms with Crippen molar-refractivity contribution in [2.45, 2.75) is 134 Å². The maximum atomic E-state index is 11.2. The van der Waals surface area contributed by atoms with Crippen LogP contribution in [0.25, 0.3) is 0 Å². The molecule has 6 nitrogen and oxygen atoms in total. The largest absolute Gasteiger partial charge is 0.505 e. The predicted octanol–water partition coefficient (Wildman–Crippen LogP) is 5.61. The van der Waals surface area contributed by atoms with Gasteiger partial charge in [0.25, 0.3) is 0 Å². The molecule has 3 atom stereocenters. The zero-order chi connectivity index (χ0) is 22.2. The fourth-order valence-corrected chi connectivity index (χ4v) is 3.97. The van der Waals surface area contributed by atoms with E-state index in [4.69, 9.17) is 0 Å². The number of cyclic esters (lactones) is 1. The summed E-state index contributed by atoms with van der Waals surface area (Å²) < 4.78 is 4.68. The third-order valence-corrected chi connectivity index (χ3v) is 6.00. The van der Waals surface area contributed by atoms with Crippen LogP contribution in [0.15, 0.2) is 11.5 Å². The van der Waals surface area contributed by atoms with Crippen LogP contribution in [0.4, 0.5) is 0 Å². The quantitative estimate of drug-likeness (QED) is 0.157. The lowest BCUT2D eigenvalue weighted by Crippen LogP contribution is -2.39. The highest BCUT2D eigenvalue weighted by molar-refractivity contribution is 5.89. The molecule has 30 heavy (non-hydrogen) atoms. The number of esters is 1. The number of hydrogen-bond acceptors (Lipinski definition) is 6. The average molecular weight is 429 g/mol. The van der Waals surface area contributed by atoms with Crippen LogP contribution in [-0.2, 0) is 9.53 Å². The number of carbonyl (C=O) groups excluding carboxylic acids is 1. The van der Waals surface area contributed by atoms with Gasteiger partial charge in [0.2, 0.25) is 5.76 Å². The van der Waals surface area contributed by atoms with Crippen molar-refractivity contribution in [3.05, 3.63) is 11.5 Å². The van der Waals surface area contributed by atoms with Gasteiger partial charge in [0.15, 0.2) is 11.9 Å². The third kappa shape index (κ3) is 10.7. The summed E-state index contributed by atoms with van der Waals surface area (Å²) >= 11 is 0. The zero-order valence-corrected chi connectivity index (χ0v) is 18.9. The molecule has 1 rings (SSSR count). The summed E-state index contributed by atoms with van der Waals surface area (Å²) in [6.45, 7) is 2.26. The monoisotopic (exact) mass is 428 g/mol. The van der Waals surface area contributed by atoms with E-state index in [9.17, 15) is 25.2 Å². The summed E-state index contributed by atoms with van der Waals surface area (Å²) in [5.41, 5.74) is 0. The minimum Gasteiger partial charge on any atom is -0.505 e. The van der Waals surface area contributed by atoms with Crippen LogP contribution in [0.2, 0.25) is 0 Å². The topological polar surface area (TPSA) is 107 Å².